The first-order chi connectivity index (χ1) is 7.54. The van der Waals surface area contributed by atoms with Crippen LogP contribution in [0.1, 0.15) is 24.1 Å². The van der Waals surface area contributed by atoms with Gasteiger partial charge in [0, 0.05) is 24.2 Å². The van der Waals surface area contributed by atoms with Crippen LogP contribution >= 0.6 is 11.6 Å². The lowest BCUT2D eigenvalue weighted by Crippen LogP contribution is -2.29. The lowest BCUT2D eigenvalue weighted by Gasteiger charge is -2.18. The quantitative estimate of drug-likeness (QED) is 0.775. The van der Waals surface area contributed by atoms with E-state index in [1.165, 1.54) is 0 Å². The van der Waals surface area contributed by atoms with Gasteiger partial charge in [-0.05, 0) is 31.0 Å². The van der Waals surface area contributed by atoms with E-state index >= 15 is 0 Å². The fourth-order valence-corrected chi connectivity index (χ4v) is 1.65. The predicted octanol–water partition coefficient (Wildman–Crippen LogP) is 2.81. The van der Waals surface area contributed by atoms with E-state index in [1.54, 1.807) is 0 Å². The Hall–Kier alpha value is -0.830. The highest BCUT2D eigenvalue weighted by atomic mass is 35.5. The Bertz CT molecular complexity index is 374. The molecule has 0 bridgehead atoms. The number of benzene rings is 1. The number of hydrogen-bond donors (Lipinski definition) is 2. The number of nitrogens with one attached hydrogen (secondary N) is 1. The van der Waals surface area contributed by atoms with E-state index in [1.807, 2.05) is 26.0 Å². The Balaban J connectivity index is 2.78. The highest BCUT2D eigenvalue weighted by Crippen LogP contribution is 2.21. The second kappa shape index (κ2) is 6.04. The SMILES string of the molecule is C=C(C)CNC(CN)c1ccc(C)c(Cl)c1. The van der Waals surface area contributed by atoms with Crippen LogP contribution in [0.15, 0.2) is 30.4 Å². The van der Waals surface area contributed by atoms with Gasteiger partial charge in [0.2, 0.25) is 0 Å². The molecule has 1 aromatic carbocycles. The molecule has 0 saturated heterocycles. The third-order valence-corrected chi connectivity index (χ3v) is 2.89. The van der Waals surface area contributed by atoms with Crippen LogP contribution in [0.3, 0.4) is 0 Å². The molecular formula is C13H19ClN2. The van der Waals surface area contributed by atoms with Crippen LogP contribution in [-0.4, -0.2) is 13.1 Å². The highest BCUT2D eigenvalue weighted by Gasteiger charge is 2.09. The van der Waals surface area contributed by atoms with Crippen molar-refractivity contribution in [2.75, 3.05) is 13.1 Å². The lowest BCUT2D eigenvalue weighted by molar-refractivity contribution is 0.569. The van der Waals surface area contributed by atoms with Gasteiger partial charge in [-0.1, -0.05) is 35.9 Å². The average Bonchev–Trinajstić information content (AvgIpc) is 2.23. The molecule has 1 unspecified atom stereocenters. The molecule has 2 nitrogen and oxygen atoms in total. The van der Waals surface area contributed by atoms with E-state index in [4.69, 9.17) is 17.3 Å². The second-order valence-corrected chi connectivity index (χ2v) is 4.54. The molecule has 0 radical (unpaired) electrons. The molecule has 1 rings (SSSR count). The summed E-state index contributed by atoms with van der Waals surface area (Å²) < 4.78 is 0. The molecule has 3 heteroatoms. The molecule has 0 saturated carbocycles. The van der Waals surface area contributed by atoms with Crippen LogP contribution in [0, 0.1) is 6.92 Å². The Kier molecular flexibility index (Phi) is 5.00. The zero-order chi connectivity index (χ0) is 12.1. The standard InChI is InChI=1S/C13H19ClN2/c1-9(2)8-16-13(7-15)11-5-4-10(3)12(14)6-11/h4-6,13,16H,1,7-8,15H2,2-3H3. The summed E-state index contributed by atoms with van der Waals surface area (Å²) in [6.45, 7) is 9.16. The van der Waals surface area contributed by atoms with E-state index in [0.717, 1.165) is 28.3 Å². The van der Waals surface area contributed by atoms with Crippen molar-refractivity contribution in [3.8, 4) is 0 Å². The molecule has 88 valence electrons. The van der Waals surface area contributed by atoms with E-state index in [2.05, 4.69) is 18.0 Å². The average molecular weight is 239 g/mol. The molecule has 0 heterocycles. The van der Waals surface area contributed by atoms with E-state index in [9.17, 15) is 0 Å². The molecule has 0 aromatic heterocycles. The molecule has 0 aliphatic carbocycles. The maximum atomic E-state index is 6.09. The minimum atomic E-state index is 0.134. The van der Waals surface area contributed by atoms with Crippen LogP contribution in [0.5, 0.6) is 0 Å². The Morgan fingerprint density at radius 3 is 2.75 bits per heavy atom. The van der Waals surface area contributed by atoms with Crippen molar-refractivity contribution in [2.24, 2.45) is 5.73 Å². The zero-order valence-corrected chi connectivity index (χ0v) is 10.6. The van der Waals surface area contributed by atoms with Crippen molar-refractivity contribution in [2.45, 2.75) is 19.9 Å². The summed E-state index contributed by atoms with van der Waals surface area (Å²) in [6, 6.07) is 6.18. The minimum Gasteiger partial charge on any atom is -0.329 e. The third kappa shape index (κ3) is 3.63. The molecule has 0 aliphatic rings. The Labute approximate surface area is 102 Å². The van der Waals surface area contributed by atoms with Gasteiger partial charge in [-0.15, -0.1) is 0 Å². The first-order valence-corrected chi connectivity index (χ1v) is 5.76. The molecule has 0 amide bonds. The second-order valence-electron chi connectivity index (χ2n) is 4.13. The molecule has 1 aromatic rings. The molecule has 0 fully saturated rings. The van der Waals surface area contributed by atoms with Crippen molar-refractivity contribution in [3.05, 3.63) is 46.5 Å². The number of aryl methyl sites for hydroxylation is 1. The Morgan fingerprint density at radius 2 is 2.25 bits per heavy atom. The van der Waals surface area contributed by atoms with E-state index in [-0.39, 0.29) is 6.04 Å². The van der Waals surface area contributed by atoms with E-state index in [0.29, 0.717) is 6.54 Å². The first-order valence-electron chi connectivity index (χ1n) is 5.38. The largest absolute Gasteiger partial charge is 0.329 e. The minimum absolute atomic E-state index is 0.134. The van der Waals surface area contributed by atoms with Gasteiger partial charge >= 0.3 is 0 Å². The van der Waals surface area contributed by atoms with Crippen molar-refractivity contribution in [1.82, 2.24) is 5.32 Å². The van der Waals surface area contributed by atoms with Gasteiger partial charge in [-0.25, -0.2) is 0 Å². The Morgan fingerprint density at radius 1 is 1.56 bits per heavy atom. The van der Waals surface area contributed by atoms with Gasteiger partial charge in [-0.2, -0.15) is 0 Å². The number of halogens is 1. The van der Waals surface area contributed by atoms with Crippen molar-refractivity contribution in [3.63, 3.8) is 0 Å². The van der Waals surface area contributed by atoms with Crippen LogP contribution in [0.2, 0.25) is 5.02 Å². The summed E-state index contributed by atoms with van der Waals surface area (Å²) in [6.07, 6.45) is 0. The van der Waals surface area contributed by atoms with Crippen LogP contribution in [0.25, 0.3) is 0 Å². The van der Waals surface area contributed by atoms with Crippen molar-refractivity contribution < 1.29 is 0 Å². The van der Waals surface area contributed by atoms with Crippen LogP contribution in [-0.2, 0) is 0 Å². The van der Waals surface area contributed by atoms with Gasteiger partial charge in [0.25, 0.3) is 0 Å². The van der Waals surface area contributed by atoms with Crippen LogP contribution in [0.4, 0.5) is 0 Å². The molecule has 16 heavy (non-hydrogen) atoms. The summed E-state index contributed by atoms with van der Waals surface area (Å²) in [5, 5.41) is 4.13. The van der Waals surface area contributed by atoms with Gasteiger partial charge < -0.3 is 11.1 Å². The topological polar surface area (TPSA) is 38.0 Å². The molecule has 0 spiro atoms. The van der Waals surface area contributed by atoms with Gasteiger partial charge in [0.1, 0.15) is 0 Å². The normalized spacial score (nSPS) is 12.5. The zero-order valence-electron chi connectivity index (χ0n) is 9.89. The number of nitrogens with two attached hydrogens (primary N) is 1. The molecule has 0 aliphatic heterocycles. The van der Waals surface area contributed by atoms with Gasteiger partial charge in [-0.3, -0.25) is 0 Å². The van der Waals surface area contributed by atoms with E-state index < -0.39 is 0 Å². The molecule has 3 N–H and O–H groups in total. The summed E-state index contributed by atoms with van der Waals surface area (Å²) in [7, 11) is 0. The fraction of sp³-hybridized carbons (Fsp3) is 0.385. The summed E-state index contributed by atoms with van der Waals surface area (Å²) in [5.74, 6) is 0. The summed E-state index contributed by atoms with van der Waals surface area (Å²) >= 11 is 6.09. The lowest BCUT2D eigenvalue weighted by atomic mass is 10.0. The first kappa shape index (κ1) is 13.2. The fourth-order valence-electron chi connectivity index (χ4n) is 1.46. The maximum Gasteiger partial charge on any atom is 0.0447 e. The third-order valence-electron chi connectivity index (χ3n) is 2.48. The highest BCUT2D eigenvalue weighted by molar-refractivity contribution is 6.31. The van der Waals surface area contributed by atoms with Crippen LogP contribution < -0.4 is 11.1 Å². The van der Waals surface area contributed by atoms with Crippen molar-refractivity contribution >= 4 is 11.6 Å². The van der Waals surface area contributed by atoms with Crippen molar-refractivity contribution in [1.29, 1.82) is 0 Å². The number of hydrogen-bond acceptors (Lipinski definition) is 2. The monoisotopic (exact) mass is 238 g/mol. The summed E-state index contributed by atoms with van der Waals surface area (Å²) in [5.41, 5.74) is 9.05. The summed E-state index contributed by atoms with van der Waals surface area (Å²) in [4.78, 5) is 0. The number of rotatable bonds is 5. The predicted molar refractivity (Wildman–Crippen MR) is 70.8 cm³/mol. The van der Waals surface area contributed by atoms with Gasteiger partial charge in [0.05, 0.1) is 0 Å². The van der Waals surface area contributed by atoms with Gasteiger partial charge in [0.15, 0.2) is 0 Å². The molecule has 1 atom stereocenters. The maximum absolute atomic E-state index is 6.09. The molecular weight excluding hydrogens is 220 g/mol. The smallest absolute Gasteiger partial charge is 0.0447 e.